The second-order valence-electron chi connectivity index (χ2n) is 3.19. The summed E-state index contributed by atoms with van der Waals surface area (Å²) in [4.78, 5) is 0. The lowest BCUT2D eigenvalue weighted by Gasteiger charge is -1.97. The molecule has 0 aromatic heterocycles. The van der Waals surface area contributed by atoms with Gasteiger partial charge in [-0.05, 0) is 24.3 Å². The van der Waals surface area contributed by atoms with Crippen molar-refractivity contribution >= 4 is 12.4 Å². The van der Waals surface area contributed by atoms with E-state index in [0.717, 1.165) is 11.3 Å². The van der Waals surface area contributed by atoms with E-state index in [4.69, 9.17) is 0 Å². The third-order valence-electron chi connectivity index (χ3n) is 2.46. The van der Waals surface area contributed by atoms with Crippen LogP contribution >= 0.6 is 12.4 Å². The molecule has 2 fully saturated rings. The first kappa shape index (κ1) is 6.37. The molecular formula is C6H12ClN. The van der Waals surface area contributed by atoms with Gasteiger partial charge < -0.3 is 5.32 Å². The second-order valence-corrected chi connectivity index (χ2v) is 3.19. The van der Waals surface area contributed by atoms with Crippen LogP contribution in [0.25, 0.3) is 0 Å². The van der Waals surface area contributed by atoms with E-state index < -0.39 is 0 Å². The second kappa shape index (κ2) is 1.61. The van der Waals surface area contributed by atoms with Crippen LogP contribution in [-0.2, 0) is 0 Å². The number of rotatable bonds is 0. The Balaban J connectivity index is 0.000000320. The number of hydrogen-bond donors (Lipinski definition) is 1. The summed E-state index contributed by atoms with van der Waals surface area (Å²) in [7, 11) is 0. The highest BCUT2D eigenvalue weighted by molar-refractivity contribution is 5.85. The van der Waals surface area contributed by atoms with Gasteiger partial charge in [-0.1, -0.05) is 6.92 Å². The summed E-state index contributed by atoms with van der Waals surface area (Å²) in [5.41, 5.74) is 0.750. The number of fused-ring (bicyclic) bond motifs is 1. The smallest absolute Gasteiger partial charge is 0.000853 e. The summed E-state index contributed by atoms with van der Waals surface area (Å²) in [5.74, 6) is 1.05. The molecule has 1 saturated heterocycles. The normalized spacial score (nSPS) is 49.9. The van der Waals surface area contributed by atoms with Crippen LogP contribution in [-0.4, -0.2) is 13.1 Å². The highest BCUT2D eigenvalue weighted by Crippen LogP contribution is 2.54. The molecule has 0 unspecified atom stereocenters. The van der Waals surface area contributed by atoms with Crippen LogP contribution in [0.3, 0.4) is 0 Å². The molecule has 2 atom stereocenters. The fourth-order valence-corrected chi connectivity index (χ4v) is 1.57. The van der Waals surface area contributed by atoms with E-state index in [2.05, 4.69) is 12.2 Å². The van der Waals surface area contributed by atoms with Gasteiger partial charge in [-0.25, -0.2) is 0 Å². The molecule has 1 heterocycles. The predicted octanol–water partition coefficient (Wildman–Crippen LogP) is 1.04. The van der Waals surface area contributed by atoms with Gasteiger partial charge in [0.25, 0.3) is 0 Å². The monoisotopic (exact) mass is 133 g/mol. The van der Waals surface area contributed by atoms with Crippen LogP contribution in [0, 0.1) is 11.3 Å². The molecular weight excluding hydrogens is 122 g/mol. The van der Waals surface area contributed by atoms with Crippen LogP contribution in [0.2, 0.25) is 0 Å². The topological polar surface area (TPSA) is 12.0 Å². The summed E-state index contributed by atoms with van der Waals surface area (Å²) in [6.45, 7) is 4.94. The molecule has 0 aromatic rings. The molecule has 0 amide bonds. The number of halogens is 1. The van der Waals surface area contributed by atoms with Gasteiger partial charge in [-0.3, -0.25) is 0 Å². The fourth-order valence-electron chi connectivity index (χ4n) is 1.57. The fraction of sp³-hybridized carbons (Fsp3) is 1.00. The quantitative estimate of drug-likeness (QED) is 0.521. The molecule has 0 radical (unpaired) electrons. The van der Waals surface area contributed by atoms with Gasteiger partial charge in [0.2, 0.25) is 0 Å². The Morgan fingerprint density at radius 2 is 2.38 bits per heavy atom. The summed E-state index contributed by atoms with van der Waals surface area (Å²) >= 11 is 0. The zero-order chi connectivity index (χ0) is 4.91. The predicted molar refractivity (Wildman–Crippen MR) is 36.3 cm³/mol. The highest BCUT2D eigenvalue weighted by atomic mass is 35.5. The number of piperidine rings is 1. The SMILES string of the molecule is C[C@@]12CNC[C@@H]1C2.Cl. The van der Waals surface area contributed by atoms with Gasteiger partial charge in [0, 0.05) is 6.54 Å². The van der Waals surface area contributed by atoms with Crippen molar-refractivity contribution in [3.05, 3.63) is 0 Å². The Morgan fingerprint density at radius 1 is 1.62 bits per heavy atom. The molecule has 1 saturated carbocycles. The van der Waals surface area contributed by atoms with Crippen molar-refractivity contribution in [3.8, 4) is 0 Å². The van der Waals surface area contributed by atoms with Gasteiger partial charge >= 0.3 is 0 Å². The molecule has 1 nitrogen and oxygen atoms in total. The third-order valence-corrected chi connectivity index (χ3v) is 2.46. The maximum atomic E-state index is 3.36. The Bertz CT molecular complexity index is 103. The van der Waals surface area contributed by atoms with E-state index in [-0.39, 0.29) is 12.4 Å². The number of nitrogens with one attached hydrogen (secondary N) is 1. The minimum absolute atomic E-state index is 0. The molecule has 1 aliphatic carbocycles. The summed E-state index contributed by atoms with van der Waals surface area (Å²) in [6, 6.07) is 0. The maximum Gasteiger partial charge on any atom is 0.000853 e. The van der Waals surface area contributed by atoms with Crippen LogP contribution in [0.5, 0.6) is 0 Å². The first-order valence-corrected chi connectivity index (χ1v) is 3.02. The molecule has 1 aliphatic heterocycles. The molecule has 2 heteroatoms. The Morgan fingerprint density at radius 3 is 2.50 bits per heavy atom. The largest absolute Gasteiger partial charge is 0.316 e. The molecule has 0 bridgehead atoms. The average Bonchev–Trinajstić information content (AvgIpc) is 2.09. The van der Waals surface area contributed by atoms with E-state index in [9.17, 15) is 0 Å². The Hall–Kier alpha value is 0.250. The third kappa shape index (κ3) is 0.652. The summed E-state index contributed by atoms with van der Waals surface area (Å²) in [6.07, 6.45) is 1.49. The van der Waals surface area contributed by atoms with Crippen molar-refractivity contribution in [2.24, 2.45) is 11.3 Å². The lowest BCUT2D eigenvalue weighted by molar-refractivity contribution is 0.576. The summed E-state index contributed by atoms with van der Waals surface area (Å²) < 4.78 is 0. The van der Waals surface area contributed by atoms with Gasteiger partial charge in [0.15, 0.2) is 0 Å². The first-order chi connectivity index (χ1) is 3.31. The van der Waals surface area contributed by atoms with E-state index in [1.807, 2.05) is 0 Å². The van der Waals surface area contributed by atoms with Crippen molar-refractivity contribution in [1.29, 1.82) is 0 Å². The van der Waals surface area contributed by atoms with Gasteiger partial charge in [-0.2, -0.15) is 0 Å². The van der Waals surface area contributed by atoms with E-state index >= 15 is 0 Å². The standard InChI is InChI=1S/C6H11N.ClH/c1-6-2-5(6)3-7-4-6;/h5,7H,2-4H2,1H3;1H/t5-,6+;/m0./s1. The molecule has 8 heavy (non-hydrogen) atoms. The highest BCUT2D eigenvalue weighted by Gasteiger charge is 2.52. The van der Waals surface area contributed by atoms with Gasteiger partial charge in [0.05, 0.1) is 0 Å². The Labute approximate surface area is 56.3 Å². The molecule has 0 spiro atoms. The van der Waals surface area contributed by atoms with Crippen molar-refractivity contribution in [2.45, 2.75) is 13.3 Å². The van der Waals surface area contributed by atoms with E-state index in [0.29, 0.717) is 0 Å². The van der Waals surface area contributed by atoms with Crippen LogP contribution in [0.4, 0.5) is 0 Å². The van der Waals surface area contributed by atoms with E-state index in [1.54, 1.807) is 0 Å². The van der Waals surface area contributed by atoms with Crippen molar-refractivity contribution in [1.82, 2.24) is 5.32 Å². The number of hydrogen-bond acceptors (Lipinski definition) is 1. The zero-order valence-electron chi connectivity index (χ0n) is 5.11. The molecule has 1 N–H and O–H groups in total. The summed E-state index contributed by atoms with van der Waals surface area (Å²) in [5, 5.41) is 3.36. The van der Waals surface area contributed by atoms with Crippen molar-refractivity contribution in [3.63, 3.8) is 0 Å². The molecule has 2 rings (SSSR count). The van der Waals surface area contributed by atoms with Crippen LogP contribution < -0.4 is 5.32 Å². The van der Waals surface area contributed by atoms with Gasteiger partial charge in [0.1, 0.15) is 0 Å². The van der Waals surface area contributed by atoms with Gasteiger partial charge in [-0.15, -0.1) is 12.4 Å². The first-order valence-electron chi connectivity index (χ1n) is 3.02. The molecule has 48 valence electrons. The average molecular weight is 134 g/mol. The lowest BCUT2D eigenvalue weighted by Crippen LogP contribution is -2.13. The maximum absolute atomic E-state index is 3.36. The van der Waals surface area contributed by atoms with Crippen molar-refractivity contribution in [2.75, 3.05) is 13.1 Å². The van der Waals surface area contributed by atoms with Crippen LogP contribution in [0.15, 0.2) is 0 Å². The minimum atomic E-state index is 0. The molecule has 2 aliphatic rings. The zero-order valence-corrected chi connectivity index (χ0v) is 5.92. The minimum Gasteiger partial charge on any atom is -0.316 e. The van der Waals surface area contributed by atoms with Crippen molar-refractivity contribution < 1.29 is 0 Å². The van der Waals surface area contributed by atoms with Crippen LogP contribution in [0.1, 0.15) is 13.3 Å². The Kier molecular flexibility index (Phi) is 1.28. The lowest BCUT2D eigenvalue weighted by atomic mass is 10.1. The van der Waals surface area contributed by atoms with E-state index in [1.165, 1.54) is 19.5 Å². The molecule has 0 aromatic carbocycles.